The van der Waals surface area contributed by atoms with Crippen molar-refractivity contribution in [3.8, 4) is 11.5 Å². The number of hydrogen-bond donors (Lipinski definition) is 1. The summed E-state index contributed by atoms with van der Waals surface area (Å²) in [5.41, 5.74) is 1.44. The molecule has 7 heteroatoms. The van der Waals surface area contributed by atoms with Crippen molar-refractivity contribution in [2.45, 2.75) is 19.9 Å². The van der Waals surface area contributed by atoms with Gasteiger partial charge in [0.25, 0.3) is 0 Å². The SMILES string of the molecule is CCn1nnc(C(=O)O)c1Cc1ccc(OC)c(OC)c1. The summed E-state index contributed by atoms with van der Waals surface area (Å²) in [6, 6.07) is 5.46. The van der Waals surface area contributed by atoms with Crippen molar-refractivity contribution in [1.29, 1.82) is 0 Å². The van der Waals surface area contributed by atoms with Crippen LogP contribution in [0.3, 0.4) is 0 Å². The van der Waals surface area contributed by atoms with Crippen LogP contribution in [0.1, 0.15) is 28.7 Å². The largest absolute Gasteiger partial charge is 0.493 e. The highest BCUT2D eigenvalue weighted by Gasteiger charge is 2.19. The third kappa shape index (κ3) is 2.96. The molecule has 0 saturated heterocycles. The van der Waals surface area contributed by atoms with Gasteiger partial charge in [0, 0.05) is 13.0 Å². The highest BCUT2D eigenvalue weighted by molar-refractivity contribution is 5.86. The molecular formula is C14H17N3O4. The molecule has 0 unspecified atom stereocenters. The van der Waals surface area contributed by atoms with E-state index >= 15 is 0 Å². The van der Waals surface area contributed by atoms with E-state index in [1.54, 1.807) is 25.0 Å². The van der Waals surface area contributed by atoms with Gasteiger partial charge in [-0.2, -0.15) is 0 Å². The molecule has 0 aliphatic heterocycles. The first-order valence-corrected chi connectivity index (χ1v) is 6.47. The molecular weight excluding hydrogens is 274 g/mol. The smallest absolute Gasteiger partial charge is 0.358 e. The van der Waals surface area contributed by atoms with Gasteiger partial charge in [-0.25, -0.2) is 9.48 Å². The summed E-state index contributed by atoms with van der Waals surface area (Å²) in [6.07, 6.45) is 0.406. The molecule has 21 heavy (non-hydrogen) atoms. The molecule has 0 spiro atoms. The van der Waals surface area contributed by atoms with Gasteiger partial charge >= 0.3 is 5.97 Å². The summed E-state index contributed by atoms with van der Waals surface area (Å²) in [7, 11) is 3.12. The molecule has 2 aromatic rings. The number of benzene rings is 1. The minimum Gasteiger partial charge on any atom is -0.493 e. The average molecular weight is 291 g/mol. The Bertz CT molecular complexity index is 652. The summed E-state index contributed by atoms with van der Waals surface area (Å²) in [5.74, 6) is 0.148. The number of hydrogen-bond acceptors (Lipinski definition) is 5. The molecule has 2 rings (SSSR count). The summed E-state index contributed by atoms with van der Waals surface area (Å²) in [5, 5.41) is 16.7. The zero-order valence-corrected chi connectivity index (χ0v) is 12.2. The van der Waals surface area contributed by atoms with Crippen LogP contribution < -0.4 is 9.47 Å². The van der Waals surface area contributed by atoms with Crippen molar-refractivity contribution < 1.29 is 19.4 Å². The summed E-state index contributed by atoms with van der Waals surface area (Å²) >= 11 is 0. The van der Waals surface area contributed by atoms with Gasteiger partial charge in [-0.05, 0) is 24.6 Å². The maximum absolute atomic E-state index is 11.2. The van der Waals surface area contributed by atoms with Crippen LogP contribution in [-0.2, 0) is 13.0 Å². The quantitative estimate of drug-likeness (QED) is 0.870. The van der Waals surface area contributed by atoms with Crippen molar-refractivity contribution in [3.05, 3.63) is 35.2 Å². The van der Waals surface area contributed by atoms with E-state index < -0.39 is 5.97 Å². The number of ether oxygens (including phenoxy) is 2. The van der Waals surface area contributed by atoms with Crippen LogP contribution in [-0.4, -0.2) is 40.3 Å². The fourth-order valence-corrected chi connectivity index (χ4v) is 2.11. The maximum atomic E-state index is 11.2. The van der Waals surface area contributed by atoms with E-state index in [2.05, 4.69) is 10.3 Å². The molecule has 0 saturated carbocycles. The molecule has 1 heterocycles. The molecule has 0 atom stereocenters. The second-order valence-electron chi connectivity index (χ2n) is 4.37. The van der Waals surface area contributed by atoms with Crippen LogP contribution in [0.15, 0.2) is 18.2 Å². The predicted molar refractivity (Wildman–Crippen MR) is 75.0 cm³/mol. The maximum Gasteiger partial charge on any atom is 0.358 e. The van der Waals surface area contributed by atoms with Gasteiger partial charge < -0.3 is 14.6 Å². The second-order valence-corrected chi connectivity index (χ2v) is 4.37. The lowest BCUT2D eigenvalue weighted by Crippen LogP contribution is -2.08. The minimum absolute atomic E-state index is 0.0216. The first-order chi connectivity index (χ1) is 10.1. The highest BCUT2D eigenvalue weighted by atomic mass is 16.5. The zero-order valence-electron chi connectivity index (χ0n) is 12.2. The number of methoxy groups -OCH3 is 2. The molecule has 0 amide bonds. The summed E-state index contributed by atoms with van der Waals surface area (Å²) < 4.78 is 12.0. The van der Waals surface area contributed by atoms with Crippen LogP contribution in [0.25, 0.3) is 0 Å². The predicted octanol–water partition coefficient (Wildman–Crippen LogP) is 1.60. The van der Waals surface area contributed by atoms with Crippen LogP contribution >= 0.6 is 0 Å². The number of aromatic carboxylic acids is 1. The molecule has 7 nitrogen and oxygen atoms in total. The van der Waals surface area contributed by atoms with Gasteiger partial charge in [-0.3, -0.25) is 0 Å². The molecule has 1 N–H and O–H groups in total. The number of carboxylic acid groups (broad SMARTS) is 1. The van der Waals surface area contributed by atoms with Gasteiger partial charge in [-0.15, -0.1) is 5.10 Å². The molecule has 0 fully saturated rings. The van der Waals surface area contributed by atoms with E-state index in [9.17, 15) is 9.90 Å². The van der Waals surface area contributed by atoms with Crippen molar-refractivity contribution in [2.75, 3.05) is 14.2 Å². The number of rotatable bonds is 6. The highest BCUT2D eigenvalue weighted by Crippen LogP contribution is 2.28. The standard InChI is InChI=1S/C14H17N3O4/c1-4-17-10(13(14(18)19)15-16-17)7-9-5-6-11(20-2)12(8-9)21-3/h5-6,8H,4,7H2,1-3H3,(H,18,19). The van der Waals surface area contributed by atoms with E-state index in [0.29, 0.717) is 30.2 Å². The number of carboxylic acids is 1. The zero-order chi connectivity index (χ0) is 15.4. The van der Waals surface area contributed by atoms with Crippen LogP contribution in [0.4, 0.5) is 0 Å². The second kappa shape index (κ2) is 6.25. The lowest BCUT2D eigenvalue weighted by molar-refractivity contribution is 0.0689. The van der Waals surface area contributed by atoms with Crippen molar-refractivity contribution in [3.63, 3.8) is 0 Å². The number of aryl methyl sites for hydroxylation is 1. The Hall–Kier alpha value is -2.57. The summed E-state index contributed by atoms with van der Waals surface area (Å²) in [6.45, 7) is 2.45. The molecule has 0 aliphatic carbocycles. The molecule has 0 radical (unpaired) electrons. The molecule has 0 bridgehead atoms. The van der Waals surface area contributed by atoms with Gasteiger partial charge in [0.05, 0.1) is 19.9 Å². The Morgan fingerprint density at radius 1 is 1.29 bits per heavy atom. The van der Waals surface area contributed by atoms with E-state index in [4.69, 9.17) is 9.47 Å². The summed E-state index contributed by atoms with van der Waals surface area (Å²) in [4.78, 5) is 11.2. The van der Waals surface area contributed by atoms with Gasteiger partial charge in [0.1, 0.15) is 0 Å². The molecule has 0 aliphatic rings. The van der Waals surface area contributed by atoms with E-state index in [1.165, 1.54) is 0 Å². The van der Waals surface area contributed by atoms with Crippen LogP contribution in [0.2, 0.25) is 0 Å². The first-order valence-electron chi connectivity index (χ1n) is 6.47. The van der Waals surface area contributed by atoms with Crippen LogP contribution in [0, 0.1) is 0 Å². The Labute approximate surface area is 122 Å². The Balaban J connectivity index is 2.38. The van der Waals surface area contributed by atoms with Gasteiger partial charge in [-0.1, -0.05) is 11.3 Å². The monoisotopic (exact) mass is 291 g/mol. The lowest BCUT2D eigenvalue weighted by atomic mass is 10.1. The van der Waals surface area contributed by atoms with Crippen LogP contribution in [0.5, 0.6) is 11.5 Å². The Morgan fingerprint density at radius 3 is 2.57 bits per heavy atom. The fraction of sp³-hybridized carbons (Fsp3) is 0.357. The fourth-order valence-electron chi connectivity index (χ4n) is 2.11. The first kappa shape index (κ1) is 14.8. The lowest BCUT2D eigenvalue weighted by Gasteiger charge is -2.10. The van der Waals surface area contributed by atoms with E-state index in [1.807, 2.05) is 19.1 Å². The molecule has 112 valence electrons. The average Bonchev–Trinajstić information content (AvgIpc) is 2.90. The molecule has 1 aromatic carbocycles. The normalized spacial score (nSPS) is 10.4. The molecule has 1 aromatic heterocycles. The number of carbonyl (C=O) groups is 1. The number of aromatic nitrogens is 3. The van der Waals surface area contributed by atoms with Gasteiger partial charge in [0.15, 0.2) is 17.2 Å². The third-order valence-electron chi connectivity index (χ3n) is 3.16. The van der Waals surface area contributed by atoms with Crippen molar-refractivity contribution in [1.82, 2.24) is 15.0 Å². The van der Waals surface area contributed by atoms with E-state index in [-0.39, 0.29) is 5.69 Å². The van der Waals surface area contributed by atoms with Gasteiger partial charge in [0.2, 0.25) is 0 Å². The van der Waals surface area contributed by atoms with E-state index in [0.717, 1.165) is 5.56 Å². The van der Waals surface area contributed by atoms with Crippen molar-refractivity contribution in [2.24, 2.45) is 0 Å². The van der Waals surface area contributed by atoms with Crippen molar-refractivity contribution >= 4 is 5.97 Å². The third-order valence-corrected chi connectivity index (χ3v) is 3.16. The Morgan fingerprint density at radius 2 is 2.00 bits per heavy atom. The number of nitrogens with zero attached hydrogens (tertiary/aromatic N) is 3. The minimum atomic E-state index is -1.08. The topological polar surface area (TPSA) is 86.5 Å². The Kier molecular flexibility index (Phi) is 4.42.